The monoisotopic (exact) mass is 161 g/mol. The molecule has 12 heavy (non-hydrogen) atoms. The normalized spacial score (nSPS) is 8.92. The number of anilines is 1. The second kappa shape index (κ2) is 2.93. The van der Waals surface area contributed by atoms with E-state index in [1.165, 1.54) is 18.2 Å². The topological polar surface area (TPSA) is 92.9 Å². The molecule has 4 heteroatoms. The lowest BCUT2D eigenvalue weighted by Crippen LogP contribution is -2.13. The standard InChI is InChI=1S/C8H7N3O/c9-4-5-1-2-7(10)6(3-5)8(11)12/h1-3H,10H2,(H2,11,12). The Morgan fingerprint density at radius 2 is 2.17 bits per heavy atom. The quantitative estimate of drug-likeness (QED) is 0.577. The van der Waals surface area contributed by atoms with Crippen LogP contribution in [0.25, 0.3) is 0 Å². The highest BCUT2D eigenvalue weighted by molar-refractivity contribution is 5.98. The van der Waals surface area contributed by atoms with Crippen LogP contribution in [-0.2, 0) is 0 Å². The Morgan fingerprint density at radius 3 is 2.67 bits per heavy atom. The Hall–Kier alpha value is -2.02. The molecule has 1 aromatic rings. The van der Waals surface area contributed by atoms with Crippen molar-refractivity contribution in [2.45, 2.75) is 0 Å². The molecule has 4 nitrogen and oxygen atoms in total. The average Bonchev–Trinajstić information content (AvgIpc) is 2.05. The van der Waals surface area contributed by atoms with Crippen molar-refractivity contribution in [3.05, 3.63) is 29.3 Å². The highest BCUT2D eigenvalue weighted by Crippen LogP contribution is 2.12. The third-order valence-electron chi connectivity index (χ3n) is 1.45. The van der Waals surface area contributed by atoms with Crippen LogP contribution in [0.2, 0.25) is 0 Å². The molecule has 0 aliphatic carbocycles. The van der Waals surface area contributed by atoms with Gasteiger partial charge in [0.15, 0.2) is 0 Å². The van der Waals surface area contributed by atoms with Crippen LogP contribution in [0.1, 0.15) is 15.9 Å². The highest BCUT2D eigenvalue weighted by atomic mass is 16.1. The third-order valence-corrected chi connectivity index (χ3v) is 1.45. The molecule has 0 fully saturated rings. The predicted octanol–water partition coefficient (Wildman–Crippen LogP) is 0.239. The largest absolute Gasteiger partial charge is 0.398 e. The number of hydrogen-bond donors (Lipinski definition) is 2. The molecule has 0 aliphatic rings. The number of nitrogen functional groups attached to an aromatic ring is 1. The molecule has 60 valence electrons. The maximum Gasteiger partial charge on any atom is 0.250 e. The first-order chi connectivity index (χ1) is 5.65. The lowest BCUT2D eigenvalue weighted by Gasteiger charge is -1.99. The van der Waals surface area contributed by atoms with Gasteiger partial charge in [-0.15, -0.1) is 0 Å². The molecule has 0 spiro atoms. The van der Waals surface area contributed by atoms with E-state index >= 15 is 0 Å². The van der Waals surface area contributed by atoms with Crippen LogP contribution in [0.15, 0.2) is 18.2 Å². The SMILES string of the molecule is N#Cc1ccc(N)c(C(N)=O)c1. The van der Waals surface area contributed by atoms with Gasteiger partial charge in [-0.3, -0.25) is 4.79 Å². The van der Waals surface area contributed by atoms with Crippen molar-refractivity contribution in [3.8, 4) is 6.07 Å². The van der Waals surface area contributed by atoms with E-state index in [9.17, 15) is 4.79 Å². The number of rotatable bonds is 1. The molecule has 1 rings (SSSR count). The summed E-state index contributed by atoms with van der Waals surface area (Å²) in [5.41, 5.74) is 11.3. The number of carbonyl (C=O) groups is 1. The minimum Gasteiger partial charge on any atom is -0.398 e. The molecule has 0 aliphatic heterocycles. The van der Waals surface area contributed by atoms with Crippen LogP contribution in [0.4, 0.5) is 5.69 Å². The number of nitriles is 1. The van der Waals surface area contributed by atoms with Gasteiger partial charge < -0.3 is 11.5 Å². The Balaban J connectivity index is 3.28. The minimum absolute atomic E-state index is 0.189. The first-order valence-corrected chi connectivity index (χ1v) is 3.24. The second-order valence-electron chi connectivity index (χ2n) is 2.28. The maximum absolute atomic E-state index is 10.7. The average molecular weight is 161 g/mol. The molecule has 0 bridgehead atoms. The van der Waals surface area contributed by atoms with Gasteiger partial charge in [-0.2, -0.15) is 5.26 Å². The Labute approximate surface area is 69.4 Å². The van der Waals surface area contributed by atoms with E-state index in [-0.39, 0.29) is 5.56 Å². The Morgan fingerprint density at radius 1 is 1.50 bits per heavy atom. The van der Waals surface area contributed by atoms with Crippen LogP contribution < -0.4 is 11.5 Å². The van der Waals surface area contributed by atoms with Crippen molar-refractivity contribution in [1.82, 2.24) is 0 Å². The van der Waals surface area contributed by atoms with Crippen molar-refractivity contribution in [2.75, 3.05) is 5.73 Å². The van der Waals surface area contributed by atoms with Gasteiger partial charge in [0, 0.05) is 5.69 Å². The number of hydrogen-bond acceptors (Lipinski definition) is 3. The van der Waals surface area contributed by atoms with Gasteiger partial charge in [0.25, 0.3) is 5.91 Å². The fraction of sp³-hybridized carbons (Fsp3) is 0. The van der Waals surface area contributed by atoms with Crippen LogP contribution in [0, 0.1) is 11.3 Å². The number of benzene rings is 1. The summed E-state index contributed by atoms with van der Waals surface area (Å²) in [6.07, 6.45) is 0. The van der Waals surface area contributed by atoms with Gasteiger partial charge >= 0.3 is 0 Å². The van der Waals surface area contributed by atoms with E-state index in [0.717, 1.165) is 0 Å². The summed E-state index contributed by atoms with van der Waals surface area (Å²) in [6, 6.07) is 6.27. The summed E-state index contributed by atoms with van der Waals surface area (Å²) in [6.45, 7) is 0. The van der Waals surface area contributed by atoms with Crippen LogP contribution in [0.5, 0.6) is 0 Å². The zero-order chi connectivity index (χ0) is 9.14. The number of amides is 1. The molecule has 0 saturated carbocycles. The number of primary amides is 1. The van der Waals surface area contributed by atoms with Crippen molar-refractivity contribution in [1.29, 1.82) is 5.26 Å². The number of nitrogens with zero attached hydrogens (tertiary/aromatic N) is 1. The van der Waals surface area contributed by atoms with Crippen LogP contribution in [-0.4, -0.2) is 5.91 Å². The van der Waals surface area contributed by atoms with Gasteiger partial charge in [0.1, 0.15) is 0 Å². The molecule has 0 atom stereocenters. The molecule has 0 saturated heterocycles. The smallest absolute Gasteiger partial charge is 0.250 e. The molecule has 1 amide bonds. The summed E-state index contributed by atoms with van der Waals surface area (Å²) in [7, 11) is 0. The van der Waals surface area contributed by atoms with E-state index in [1.807, 2.05) is 6.07 Å². The van der Waals surface area contributed by atoms with E-state index < -0.39 is 5.91 Å². The molecule has 0 unspecified atom stereocenters. The zero-order valence-corrected chi connectivity index (χ0v) is 6.24. The van der Waals surface area contributed by atoms with E-state index in [0.29, 0.717) is 11.3 Å². The van der Waals surface area contributed by atoms with Gasteiger partial charge in [-0.05, 0) is 18.2 Å². The van der Waals surface area contributed by atoms with Gasteiger partial charge in [0.2, 0.25) is 0 Å². The van der Waals surface area contributed by atoms with Crippen LogP contribution >= 0.6 is 0 Å². The summed E-state index contributed by atoms with van der Waals surface area (Å²) >= 11 is 0. The molecule has 0 heterocycles. The van der Waals surface area contributed by atoms with Gasteiger partial charge in [-0.1, -0.05) is 0 Å². The minimum atomic E-state index is -0.621. The first-order valence-electron chi connectivity index (χ1n) is 3.24. The molecule has 0 aromatic heterocycles. The van der Waals surface area contributed by atoms with E-state index in [1.54, 1.807) is 0 Å². The van der Waals surface area contributed by atoms with Gasteiger partial charge in [-0.25, -0.2) is 0 Å². The van der Waals surface area contributed by atoms with E-state index in [2.05, 4.69) is 0 Å². The van der Waals surface area contributed by atoms with Crippen molar-refractivity contribution < 1.29 is 4.79 Å². The Bertz CT molecular complexity index is 365. The molecule has 4 N–H and O–H groups in total. The molecule has 1 aromatic carbocycles. The number of nitrogens with two attached hydrogens (primary N) is 2. The molecular formula is C8H7N3O. The highest BCUT2D eigenvalue weighted by Gasteiger charge is 2.05. The van der Waals surface area contributed by atoms with Crippen molar-refractivity contribution >= 4 is 11.6 Å². The predicted molar refractivity (Wildman–Crippen MR) is 44.1 cm³/mol. The summed E-state index contributed by atoms with van der Waals surface area (Å²) < 4.78 is 0. The summed E-state index contributed by atoms with van der Waals surface area (Å²) in [4.78, 5) is 10.7. The fourth-order valence-electron chi connectivity index (χ4n) is 0.839. The van der Waals surface area contributed by atoms with Crippen molar-refractivity contribution in [2.24, 2.45) is 5.73 Å². The number of carbonyl (C=O) groups excluding carboxylic acids is 1. The fourth-order valence-corrected chi connectivity index (χ4v) is 0.839. The van der Waals surface area contributed by atoms with Crippen molar-refractivity contribution in [3.63, 3.8) is 0 Å². The molecule has 0 radical (unpaired) electrons. The Kier molecular flexibility index (Phi) is 1.97. The zero-order valence-electron chi connectivity index (χ0n) is 6.24. The van der Waals surface area contributed by atoms with Crippen LogP contribution in [0.3, 0.4) is 0 Å². The summed E-state index contributed by atoms with van der Waals surface area (Å²) in [5.74, 6) is -0.621. The van der Waals surface area contributed by atoms with E-state index in [4.69, 9.17) is 16.7 Å². The third kappa shape index (κ3) is 1.35. The van der Waals surface area contributed by atoms with Gasteiger partial charge in [0.05, 0.1) is 17.2 Å². The molecular weight excluding hydrogens is 154 g/mol. The maximum atomic E-state index is 10.7. The lowest BCUT2D eigenvalue weighted by atomic mass is 10.1. The lowest BCUT2D eigenvalue weighted by molar-refractivity contribution is 0.100. The first kappa shape index (κ1) is 8.08. The summed E-state index contributed by atoms with van der Waals surface area (Å²) in [5, 5.41) is 8.49. The second-order valence-corrected chi connectivity index (χ2v) is 2.28.